The second kappa shape index (κ2) is 8.11. The smallest absolute Gasteiger partial charge is 0.176 e. The molecule has 19 heavy (non-hydrogen) atoms. The first kappa shape index (κ1) is 15.9. The fourth-order valence-corrected chi connectivity index (χ4v) is 2.10. The lowest BCUT2D eigenvalue weighted by Crippen LogP contribution is -2.27. The number of Topliss-reactive ketones (excluding diaryl/α,β-unsaturated/α-hetero) is 1. The Bertz CT molecular complexity index is 381. The lowest BCUT2D eigenvalue weighted by molar-refractivity contribution is 0.0945. The summed E-state index contributed by atoms with van der Waals surface area (Å²) in [4.78, 5) is 14.2. The Morgan fingerprint density at radius 3 is 2.32 bits per heavy atom. The maximum atomic E-state index is 12.1. The average Bonchev–Trinajstić information content (AvgIpc) is 2.39. The van der Waals surface area contributed by atoms with E-state index in [0.717, 1.165) is 12.1 Å². The van der Waals surface area contributed by atoms with Gasteiger partial charge in [-0.1, -0.05) is 57.9 Å². The van der Waals surface area contributed by atoms with E-state index in [-0.39, 0.29) is 5.78 Å². The molecule has 1 rings (SSSR count). The van der Waals surface area contributed by atoms with Crippen LogP contribution in [0.5, 0.6) is 0 Å². The highest BCUT2D eigenvalue weighted by Crippen LogP contribution is 2.15. The van der Waals surface area contributed by atoms with Crippen molar-refractivity contribution in [1.82, 2.24) is 4.90 Å². The number of ketones is 1. The highest BCUT2D eigenvalue weighted by Gasteiger charge is 2.09. The van der Waals surface area contributed by atoms with Crippen LogP contribution < -0.4 is 0 Å². The zero-order chi connectivity index (χ0) is 14.3. The van der Waals surface area contributed by atoms with Crippen molar-refractivity contribution < 1.29 is 4.79 Å². The van der Waals surface area contributed by atoms with Gasteiger partial charge in [-0.25, -0.2) is 0 Å². The van der Waals surface area contributed by atoms with E-state index in [2.05, 4.69) is 37.8 Å². The van der Waals surface area contributed by atoms with Crippen LogP contribution in [-0.2, 0) is 0 Å². The first-order valence-corrected chi connectivity index (χ1v) is 7.36. The predicted octanol–water partition coefficient (Wildman–Crippen LogP) is 4.11. The van der Waals surface area contributed by atoms with Crippen LogP contribution in [0, 0.1) is 0 Å². The zero-order valence-electron chi connectivity index (χ0n) is 12.8. The summed E-state index contributed by atoms with van der Waals surface area (Å²) in [6.07, 6.45) is 3.63. The van der Waals surface area contributed by atoms with Crippen molar-refractivity contribution in [1.29, 1.82) is 0 Å². The lowest BCUT2D eigenvalue weighted by Gasteiger charge is -2.15. The Morgan fingerprint density at radius 2 is 1.79 bits per heavy atom. The van der Waals surface area contributed by atoms with E-state index in [1.807, 2.05) is 19.2 Å². The van der Waals surface area contributed by atoms with Crippen molar-refractivity contribution in [2.24, 2.45) is 0 Å². The van der Waals surface area contributed by atoms with E-state index in [1.165, 1.54) is 24.8 Å². The topological polar surface area (TPSA) is 20.3 Å². The Morgan fingerprint density at radius 1 is 1.16 bits per heavy atom. The van der Waals surface area contributed by atoms with Gasteiger partial charge in [-0.2, -0.15) is 0 Å². The first-order valence-electron chi connectivity index (χ1n) is 7.36. The zero-order valence-corrected chi connectivity index (χ0v) is 12.8. The third kappa shape index (κ3) is 5.56. The Hall–Kier alpha value is -1.15. The minimum absolute atomic E-state index is 0.217. The highest BCUT2D eigenvalue weighted by molar-refractivity contribution is 5.97. The molecule has 0 radical (unpaired) electrons. The summed E-state index contributed by atoms with van der Waals surface area (Å²) in [7, 11) is 2.02. The molecule has 0 N–H and O–H groups in total. The quantitative estimate of drug-likeness (QED) is 0.518. The summed E-state index contributed by atoms with van der Waals surface area (Å²) in [5.41, 5.74) is 2.11. The van der Waals surface area contributed by atoms with Crippen LogP contribution >= 0.6 is 0 Å². The van der Waals surface area contributed by atoms with E-state index in [1.54, 1.807) is 0 Å². The van der Waals surface area contributed by atoms with Gasteiger partial charge in [0.05, 0.1) is 6.54 Å². The van der Waals surface area contributed by atoms with Gasteiger partial charge in [-0.05, 0) is 31.5 Å². The van der Waals surface area contributed by atoms with Crippen LogP contribution in [-0.4, -0.2) is 30.8 Å². The van der Waals surface area contributed by atoms with Gasteiger partial charge in [0.1, 0.15) is 0 Å². The summed E-state index contributed by atoms with van der Waals surface area (Å²) in [6.45, 7) is 8.05. The highest BCUT2D eigenvalue weighted by atomic mass is 16.1. The number of rotatable bonds is 8. The summed E-state index contributed by atoms with van der Waals surface area (Å²) < 4.78 is 0. The van der Waals surface area contributed by atoms with Crippen molar-refractivity contribution in [2.75, 3.05) is 20.1 Å². The molecule has 0 heterocycles. The fourth-order valence-electron chi connectivity index (χ4n) is 2.10. The molecular formula is C17H27NO. The lowest BCUT2D eigenvalue weighted by atomic mass is 10.0. The Labute approximate surface area is 117 Å². The Kier molecular flexibility index (Phi) is 6.79. The SMILES string of the molecule is CCCCCN(C)CC(=O)c1ccc(C(C)C)cc1. The molecule has 1 aromatic rings. The van der Waals surface area contributed by atoms with Crippen molar-refractivity contribution in [3.05, 3.63) is 35.4 Å². The van der Waals surface area contributed by atoms with Gasteiger partial charge in [0.15, 0.2) is 5.78 Å². The molecule has 0 saturated carbocycles. The molecule has 0 aliphatic heterocycles. The maximum absolute atomic E-state index is 12.1. The minimum atomic E-state index is 0.217. The number of carbonyl (C=O) groups is 1. The summed E-state index contributed by atoms with van der Waals surface area (Å²) in [5, 5.41) is 0. The monoisotopic (exact) mass is 261 g/mol. The molecule has 0 unspecified atom stereocenters. The summed E-state index contributed by atoms with van der Waals surface area (Å²) in [6, 6.07) is 8.04. The standard InChI is InChI=1S/C17H27NO/c1-5-6-7-12-18(4)13-17(19)16-10-8-15(9-11-16)14(2)3/h8-11,14H,5-7,12-13H2,1-4H3. The molecule has 0 aromatic heterocycles. The Balaban J connectivity index is 2.48. The molecule has 0 spiro atoms. The van der Waals surface area contributed by atoms with Crippen LogP contribution in [0.2, 0.25) is 0 Å². The van der Waals surface area contributed by atoms with E-state index < -0.39 is 0 Å². The van der Waals surface area contributed by atoms with Gasteiger partial charge >= 0.3 is 0 Å². The van der Waals surface area contributed by atoms with Gasteiger partial charge in [0.25, 0.3) is 0 Å². The molecule has 0 atom stereocenters. The number of likely N-dealkylation sites (N-methyl/N-ethyl adjacent to an activating group) is 1. The molecule has 2 nitrogen and oxygen atoms in total. The van der Waals surface area contributed by atoms with Gasteiger partial charge in [-0.3, -0.25) is 9.69 Å². The van der Waals surface area contributed by atoms with Crippen molar-refractivity contribution >= 4 is 5.78 Å². The predicted molar refractivity (Wildman–Crippen MR) is 81.9 cm³/mol. The van der Waals surface area contributed by atoms with Gasteiger partial charge < -0.3 is 0 Å². The number of benzene rings is 1. The van der Waals surface area contributed by atoms with Crippen LogP contribution in [0.4, 0.5) is 0 Å². The fraction of sp³-hybridized carbons (Fsp3) is 0.588. The molecule has 1 aromatic carbocycles. The van der Waals surface area contributed by atoms with Gasteiger partial charge in [0.2, 0.25) is 0 Å². The maximum Gasteiger partial charge on any atom is 0.176 e. The molecule has 0 aliphatic carbocycles. The van der Waals surface area contributed by atoms with Crippen LogP contribution in [0.25, 0.3) is 0 Å². The molecule has 2 heteroatoms. The number of hydrogen-bond donors (Lipinski definition) is 0. The summed E-state index contributed by atoms with van der Waals surface area (Å²) >= 11 is 0. The van der Waals surface area contributed by atoms with Crippen LogP contribution in [0.15, 0.2) is 24.3 Å². The molecule has 0 fully saturated rings. The second-order valence-electron chi connectivity index (χ2n) is 5.64. The van der Waals surface area contributed by atoms with Crippen LogP contribution in [0.3, 0.4) is 0 Å². The number of nitrogens with zero attached hydrogens (tertiary/aromatic N) is 1. The molecule has 0 saturated heterocycles. The van der Waals surface area contributed by atoms with E-state index in [0.29, 0.717) is 12.5 Å². The minimum Gasteiger partial charge on any atom is -0.299 e. The van der Waals surface area contributed by atoms with Crippen molar-refractivity contribution in [3.8, 4) is 0 Å². The molecule has 0 aliphatic rings. The third-order valence-corrected chi connectivity index (χ3v) is 3.46. The number of carbonyl (C=O) groups excluding carboxylic acids is 1. The largest absolute Gasteiger partial charge is 0.299 e. The van der Waals surface area contributed by atoms with E-state index >= 15 is 0 Å². The molecular weight excluding hydrogens is 234 g/mol. The van der Waals surface area contributed by atoms with Gasteiger partial charge in [-0.15, -0.1) is 0 Å². The van der Waals surface area contributed by atoms with Crippen molar-refractivity contribution in [2.45, 2.75) is 46.0 Å². The summed E-state index contributed by atoms with van der Waals surface area (Å²) in [5.74, 6) is 0.732. The average molecular weight is 261 g/mol. The second-order valence-corrected chi connectivity index (χ2v) is 5.64. The van der Waals surface area contributed by atoms with Crippen LogP contribution in [0.1, 0.15) is 61.9 Å². The van der Waals surface area contributed by atoms with E-state index in [9.17, 15) is 4.79 Å². The third-order valence-electron chi connectivity index (χ3n) is 3.46. The van der Waals surface area contributed by atoms with E-state index in [4.69, 9.17) is 0 Å². The molecule has 0 bridgehead atoms. The number of unbranched alkanes of at least 4 members (excludes halogenated alkanes) is 2. The number of hydrogen-bond acceptors (Lipinski definition) is 2. The first-order chi connectivity index (χ1) is 9.04. The van der Waals surface area contributed by atoms with Gasteiger partial charge in [0, 0.05) is 5.56 Å². The normalized spacial score (nSPS) is 11.3. The molecule has 0 amide bonds. The van der Waals surface area contributed by atoms with Crippen molar-refractivity contribution in [3.63, 3.8) is 0 Å². The molecule has 106 valence electrons.